The number of nitrogen functional groups attached to an aromatic ring is 1. The standard InChI is InChI=1S/C10H10BrN3/c1-6-2-4-7(5-3-6)8-9(11)14-10(12)13-8/h2-5H,1H3,(H3,12,13,14). The molecule has 0 spiro atoms. The molecule has 1 heterocycles. The van der Waals surface area contributed by atoms with Gasteiger partial charge in [-0.05, 0) is 22.9 Å². The van der Waals surface area contributed by atoms with Gasteiger partial charge >= 0.3 is 0 Å². The van der Waals surface area contributed by atoms with Crippen LogP contribution < -0.4 is 5.73 Å². The molecule has 0 fully saturated rings. The molecule has 0 saturated carbocycles. The van der Waals surface area contributed by atoms with Crippen LogP contribution in [0.1, 0.15) is 5.56 Å². The fourth-order valence-electron chi connectivity index (χ4n) is 1.27. The summed E-state index contributed by atoms with van der Waals surface area (Å²) in [5, 5.41) is 0. The summed E-state index contributed by atoms with van der Waals surface area (Å²) in [6, 6.07) is 8.14. The number of aryl methyl sites for hydroxylation is 1. The monoisotopic (exact) mass is 251 g/mol. The summed E-state index contributed by atoms with van der Waals surface area (Å²) >= 11 is 3.37. The predicted molar refractivity (Wildman–Crippen MR) is 60.9 cm³/mol. The summed E-state index contributed by atoms with van der Waals surface area (Å²) in [6.07, 6.45) is 0. The van der Waals surface area contributed by atoms with Crippen LogP contribution in [0.25, 0.3) is 11.3 Å². The highest BCUT2D eigenvalue weighted by Crippen LogP contribution is 2.26. The van der Waals surface area contributed by atoms with Crippen molar-refractivity contribution in [3.63, 3.8) is 0 Å². The second-order valence-electron chi connectivity index (χ2n) is 3.15. The number of imidazole rings is 1. The van der Waals surface area contributed by atoms with Gasteiger partial charge in [0.25, 0.3) is 0 Å². The Balaban J connectivity index is 2.49. The van der Waals surface area contributed by atoms with E-state index < -0.39 is 0 Å². The zero-order valence-electron chi connectivity index (χ0n) is 7.71. The molecule has 0 aliphatic heterocycles. The predicted octanol–water partition coefficient (Wildman–Crippen LogP) is 2.73. The number of benzene rings is 1. The fourth-order valence-corrected chi connectivity index (χ4v) is 1.79. The van der Waals surface area contributed by atoms with E-state index in [4.69, 9.17) is 5.73 Å². The smallest absolute Gasteiger partial charge is 0.198 e. The van der Waals surface area contributed by atoms with Crippen LogP contribution in [0, 0.1) is 6.92 Å². The summed E-state index contributed by atoms with van der Waals surface area (Å²) in [5.41, 5.74) is 8.68. The van der Waals surface area contributed by atoms with E-state index in [1.165, 1.54) is 5.56 Å². The van der Waals surface area contributed by atoms with Crippen molar-refractivity contribution in [2.45, 2.75) is 6.92 Å². The van der Waals surface area contributed by atoms with E-state index in [0.717, 1.165) is 15.9 Å². The first-order chi connectivity index (χ1) is 6.66. The summed E-state index contributed by atoms with van der Waals surface area (Å²) < 4.78 is 0.818. The first kappa shape index (κ1) is 9.27. The van der Waals surface area contributed by atoms with Gasteiger partial charge in [-0.15, -0.1) is 0 Å². The Bertz CT molecular complexity index is 445. The maximum Gasteiger partial charge on any atom is 0.198 e. The fraction of sp³-hybridized carbons (Fsp3) is 0.100. The SMILES string of the molecule is Cc1ccc(-c2nc(N)[nH]c2Br)cc1. The van der Waals surface area contributed by atoms with Crippen LogP contribution in [0.5, 0.6) is 0 Å². The van der Waals surface area contributed by atoms with Gasteiger partial charge in [0.05, 0.1) is 0 Å². The van der Waals surface area contributed by atoms with Gasteiger partial charge < -0.3 is 10.7 Å². The lowest BCUT2D eigenvalue weighted by Crippen LogP contribution is -1.85. The highest BCUT2D eigenvalue weighted by Gasteiger charge is 2.07. The van der Waals surface area contributed by atoms with Gasteiger partial charge in [-0.1, -0.05) is 29.8 Å². The van der Waals surface area contributed by atoms with Gasteiger partial charge in [-0.2, -0.15) is 0 Å². The Labute approximate surface area is 90.5 Å². The van der Waals surface area contributed by atoms with Crippen molar-refractivity contribution in [3.8, 4) is 11.3 Å². The molecule has 14 heavy (non-hydrogen) atoms. The molecule has 0 bridgehead atoms. The minimum atomic E-state index is 0.424. The van der Waals surface area contributed by atoms with Crippen molar-refractivity contribution in [3.05, 3.63) is 34.4 Å². The number of aromatic amines is 1. The maximum atomic E-state index is 5.55. The minimum absolute atomic E-state index is 0.424. The highest BCUT2D eigenvalue weighted by molar-refractivity contribution is 9.10. The number of rotatable bonds is 1. The molecule has 0 aliphatic rings. The quantitative estimate of drug-likeness (QED) is 0.819. The largest absolute Gasteiger partial charge is 0.369 e. The molecule has 0 saturated heterocycles. The molecule has 0 aliphatic carbocycles. The molecule has 0 unspecified atom stereocenters. The van der Waals surface area contributed by atoms with Gasteiger partial charge in [0.15, 0.2) is 5.95 Å². The normalized spacial score (nSPS) is 10.4. The summed E-state index contributed by atoms with van der Waals surface area (Å²) in [6.45, 7) is 2.05. The molecule has 3 nitrogen and oxygen atoms in total. The van der Waals surface area contributed by atoms with Crippen molar-refractivity contribution in [1.29, 1.82) is 0 Å². The lowest BCUT2D eigenvalue weighted by Gasteiger charge is -1.97. The summed E-state index contributed by atoms with van der Waals surface area (Å²) in [4.78, 5) is 7.09. The number of H-pyrrole nitrogens is 1. The van der Waals surface area contributed by atoms with Crippen molar-refractivity contribution < 1.29 is 0 Å². The van der Waals surface area contributed by atoms with Gasteiger partial charge in [-0.25, -0.2) is 4.98 Å². The van der Waals surface area contributed by atoms with Gasteiger partial charge in [-0.3, -0.25) is 0 Å². The Hall–Kier alpha value is -1.29. The average molecular weight is 252 g/mol. The number of nitrogens with zero attached hydrogens (tertiary/aromatic N) is 1. The molecule has 0 radical (unpaired) electrons. The second-order valence-corrected chi connectivity index (χ2v) is 3.94. The molecule has 1 aromatic heterocycles. The maximum absolute atomic E-state index is 5.55. The van der Waals surface area contributed by atoms with Crippen LogP contribution in [0.2, 0.25) is 0 Å². The number of hydrogen-bond acceptors (Lipinski definition) is 2. The number of anilines is 1. The number of halogens is 1. The van der Waals surface area contributed by atoms with Crippen molar-refractivity contribution in [2.75, 3.05) is 5.73 Å². The number of aromatic nitrogens is 2. The third-order valence-corrected chi connectivity index (χ3v) is 2.58. The molecule has 72 valence electrons. The lowest BCUT2D eigenvalue weighted by molar-refractivity contribution is 1.31. The topological polar surface area (TPSA) is 54.7 Å². The Morgan fingerprint density at radius 3 is 2.43 bits per heavy atom. The summed E-state index contributed by atoms with van der Waals surface area (Å²) in [7, 11) is 0. The van der Waals surface area contributed by atoms with Crippen LogP contribution in [-0.4, -0.2) is 9.97 Å². The zero-order valence-corrected chi connectivity index (χ0v) is 9.30. The molecule has 1 aromatic carbocycles. The van der Waals surface area contributed by atoms with Crippen LogP contribution in [0.4, 0.5) is 5.95 Å². The molecule has 2 aromatic rings. The molecule has 3 N–H and O–H groups in total. The van der Waals surface area contributed by atoms with E-state index in [0.29, 0.717) is 5.95 Å². The molecular formula is C10H10BrN3. The number of nitrogens with one attached hydrogen (secondary N) is 1. The van der Waals surface area contributed by atoms with Crippen molar-refractivity contribution in [2.24, 2.45) is 0 Å². The first-order valence-electron chi connectivity index (χ1n) is 4.25. The van der Waals surface area contributed by atoms with Crippen LogP contribution >= 0.6 is 15.9 Å². The van der Waals surface area contributed by atoms with E-state index in [-0.39, 0.29) is 0 Å². The van der Waals surface area contributed by atoms with Gasteiger partial charge in [0.2, 0.25) is 0 Å². The third-order valence-electron chi connectivity index (χ3n) is 2.00. The molecular weight excluding hydrogens is 242 g/mol. The number of nitrogens with two attached hydrogens (primary N) is 1. The van der Waals surface area contributed by atoms with E-state index in [1.807, 2.05) is 24.3 Å². The molecule has 2 rings (SSSR count). The van der Waals surface area contributed by atoms with E-state index in [1.54, 1.807) is 0 Å². The summed E-state index contributed by atoms with van der Waals surface area (Å²) in [5.74, 6) is 0.424. The van der Waals surface area contributed by atoms with Gasteiger partial charge in [0, 0.05) is 5.56 Å². The average Bonchev–Trinajstić information content (AvgIpc) is 2.47. The Kier molecular flexibility index (Phi) is 2.29. The molecule has 0 atom stereocenters. The van der Waals surface area contributed by atoms with Crippen LogP contribution in [0.15, 0.2) is 28.9 Å². The Morgan fingerprint density at radius 1 is 1.29 bits per heavy atom. The first-order valence-corrected chi connectivity index (χ1v) is 5.04. The minimum Gasteiger partial charge on any atom is -0.369 e. The number of hydrogen-bond donors (Lipinski definition) is 2. The van der Waals surface area contributed by atoms with E-state index in [2.05, 4.69) is 32.8 Å². The molecule has 4 heteroatoms. The van der Waals surface area contributed by atoms with Crippen molar-refractivity contribution >= 4 is 21.9 Å². The van der Waals surface area contributed by atoms with Crippen LogP contribution in [0.3, 0.4) is 0 Å². The Morgan fingerprint density at radius 2 is 1.93 bits per heavy atom. The van der Waals surface area contributed by atoms with E-state index >= 15 is 0 Å². The van der Waals surface area contributed by atoms with E-state index in [9.17, 15) is 0 Å². The van der Waals surface area contributed by atoms with Crippen LogP contribution in [-0.2, 0) is 0 Å². The zero-order chi connectivity index (χ0) is 10.1. The second kappa shape index (κ2) is 3.46. The molecule has 0 amide bonds. The van der Waals surface area contributed by atoms with Crippen molar-refractivity contribution in [1.82, 2.24) is 9.97 Å². The lowest BCUT2D eigenvalue weighted by atomic mass is 10.1. The third kappa shape index (κ3) is 1.65. The highest BCUT2D eigenvalue weighted by atomic mass is 79.9. The van der Waals surface area contributed by atoms with Gasteiger partial charge in [0.1, 0.15) is 10.3 Å².